The summed E-state index contributed by atoms with van der Waals surface area (Å²) >= 11 is 0. The van der Waals surface area contributed by atoms with Gasteiger partial charge >= 0.3 is 5.97 Å². The Labute approximate surface area is 147 Å². The lowest BCUT2D eigenvalue weighted by Gasteiger charge is -2.27. The molecular formula is C21H21NO3. The van der Waals surface area contributed by atoms with E-state index in [0.717, 1.165) is 48.4 Å². The van der Waals surface area contributed by atoms with Crippen molar-refractivity contribution in [3.8, 4) is 5.75 Å². The van der Waals surface area contributed by atoms with Crippen LogP contribution in [-0.4, -0.2) is 36.1 Å². The summed E-state index contributed by atoms with van der Waals surface area (Å²) in [5, 5.41) is 9.32. The quantitative estimate of drug-likeness (QED) is 0.861. The average molecular weight is 335 g/mol. The Hall–Kier alpha value is -2.59. The molecule has 2 heterocycles. The minimum atomic E-state index is -0.905. The molecule has 0 amide bonds. The minimum absolute atomic E-state index is 0.307. The van der Waals surface area contributed by atoms with Crippen LogP contribution in [0.25, 0.3) is 5.57 Å². The minimum Gasteiger partial charge on any atom is -0.488 e. The number of rotatable bonds is 1. The lowest BCUT2D eigenvalue weighted by atomic mass is 9.86. The smallest absolute Gasteiger partial charge is 0.335 e. The molecule has 0 spiro atoms. The van der Waals surface area contributed by atoms with E-state index in [1.165, 1.54) is 11.1 Å². The van der Waals surface area contributed by atoms with Crippen molar-refractivity contribution in [2.45, 2.75) is 19.4 Å². The number of aromatic carboxylic acids is 1. The van der Waals surface area contributed by atoms with Crippen molar-refractivity contribution < 1.29 is 14.6 Å². The molecule has 0 bridgehead atoms. The first-order valence-corrected chi connectivity index (χ1v) is 8.63. The van der Waals surface area contributed by atoms with Gasteiger partial charge in [-0.15, -0.1) is 0 Å². The summed E-state index contributed by atoms with van der Waals surface area (Å²) in [5.41, 5.74) is 6.13. The standard InChI is InChI=1S/C21H21NO3/c1-22-10-8-14(9-11-22)20-17-7-6-15(21(23)24)12-16(17)13-25-19-5-3-2-4-18(19)20/h2-7,12H,8-11,13H2,1H3,(H,23,24). The van der Waals surface area contributed by atoms with Gasteiger partial charge in [0, 0.05) is 18.7 Å². The van der Waals surface area contributed by atoms with Crippen molar-refractivity contribution >= 4 is 11.5 Å². The fraction of sp³-hybridized carbons (Fsp3) is 0.286. The number of hydrogen-bond donors (Lipinski definition) is 1. The fourth-order valence-electron chi connectivity index (χ4n) is 3.71. The Morgan fingerprint density at radius 3 is 2.60 bits per heavy atom. The average Bonchev–Trinajstić information content (AvgIpc) is 2.79. The number of carbonyl (C=O) groups is 1. The van der Waals surface area contributed by atoms with E-state index >= 15 is 0 Å². The lowest BCUT2D eigenvalue weighted by molar-refractivity contribution is 0.0696. The summed E-state index contributed by atoms with van der Waals surface area (Å²) in [6.45, 7) is 2.49. The van der Waals surface area contributed by atoms with Crippen LogP contribution in [0, 0.1) is 0 Å². The molecule has 2 aromatic carbocycles. The number of carboxylic acids is 1. The highest BCUT2D eigenvalue weighted by molar-refractivity contribution is 5.91. The lowest BCUT2D eigenvalue weighted by Crippen LogP contribution is -2.27. The Balaban J connectivity index is 1.92. The van der Waals surface area contributed by atoms with Gasteiger partial charge in [-0.2, -0.15) is 0 Å². The van der Waals surface area contributed by atoms with Crippen LogP contribution in [0.4, 0.5) is 0 Å². The Morgan fingerprint density at radius 1 is 1.08 bits per heavy atom. The van der Waals surface area contributed by atoms with Gasteiger partial charge in [-0.3, -0.25) is 0 Å². The van der Waals surface area contributed by atoms with Crippen LogP contribution < -0.4 is 4.74 Å². The van der Waals surface area contributed by atoms with Crippen molar-refractivity contribution in [3.05, 3.63) is 70.3 Å². The second-order valence-corrected chi connectivity index (χ2v) is 6.74. The van der Waals surface area contributed by atoms with E-state index in [-0.39, 0.29) is 0 Å². The molecule has 128 valence electrons. The van der Waals surface area contributed by atoms with Crippen LogP contribution >= 0.6 is 0 Å². The Bertz CT molecular complexity index is 859. The van der Waals surface area contributed by atoms with E-state index in [2.05, 4.69) is 18.0 Å². The first kappa shape index (κ1) is 15.9. The van der Waals surface area contributed by atoms with Crippen LogP contribution in [0.15, 0.2) is 48.0 Å². The number of likely N-dealkylation sites (tertiary alicyclic amines) is 1. The third kappa shape index (κ3) is 2.94. The summed E-state index contributed by atoms with van der Waals surface area (Å²) in [6.07, 6.45) is 2.06. The topological polar surface area (TPSA) is 49.8 Å². The van der Waals surface area contributed by atoms with Crippen LogP contribution in [-0.2, 0) is 6.61 Å². The Kier molecular flexibility index (Phi) is 4.06. The maximum absolute atomic E-state index is 11.4. The molecule has 2 aliphatic heterocycles. The first-order valence-electron chi connectivity index (χ1n) is 8.63. The number of benzene rings is 2. The third-order valence-electron chi connectivity index (χ3n) is 5.11. The van der Waals surface area contributed by atoms with Crippen molar-refractivity contribution in [2.24, 2.45) is 0 Å². The van der Waals surface area contributed by atoms with E-state index in [0.29, 0.717) is 12.2 Å². The van der Waals surface area contributed by atoms with Gasteiger partial charge in [0.05, 0.1) is 5.56 Å². The molecule has 2 aromatic rings. The third-order valence-corrected chi connectivity index (χ3v) is 5.11. The zero-order valence-corrected chi connectivity index (χ0v) is 14.3. The monoisotopic (exact) mass is 335 g/mol. The molecule has 4 heteroatoms. The zero-order valence-electron chi connectivity index (χ0n) is 14.3. The normalized spacial score (nSPS) is 17.3. The molecule has 0 unspecified atom stereocenters. The van der Waals surface area contributed by atoms with Gasteiger partial charge in [-0.1, -0.05) is 29.8 Å². The molecule has 25 heavy (non-hydrogen) atoms. The maximum Gasteiger partial charge on any atom is 0.335 e. The molecular weight excluding hydrogens is 314 g/mol. The molecule has 1 fully saturated rings. The van der Waals surface area contributed by atoms with Gasteiger partial charge in [-0.25, -0.2) is 4.79 Å². The number of para-hydroxylation sites is 1. The van der Waals surface area contributed by atoms with Gasteiger partial charge in [0.15, 0.2) is 0 Å². The molecule has 0 aliphatic carbocycles. The fourth-order valence-corrected chi connectivity index (χ4v) is 3.71. The molecule has 0 radical (unpaired) electrons. The highest BCUT2D eigenvalue weighted by atomic mass is 16.5. The number of piperidine rings is 1. The summed E-state index contributed by atoms with van der Waals surface area (Å²) in [6, 6.07) is 13.5. The summed E-state index contributed by atoms with van der Waals surface area (Å²) in [5.74, 6) is -0.0324. The molecule has 4 rings (SSSR count). The van der Waals surface area contributed by atoms with Gasteiger partial charge in [0.25, 0.3) is 0 Å². The van der Waals surface area contributed by atoms with Crippen molar-refractivity contribution in [1.29, 1.82) is 0 Å². The van der Waals surface area contributed by atoms with E-state index in [1.54, 1.807) is 12.1 Å². The van der Waals surface area contributed by atoms with Gasteiger partial charge in [0.1, 0.15) is 12.4 Å². The second-order valence-electron chi connectivity index (χ2n) is 6.74. The van der Waals surface area contributed by atoms with Crippen LogP contribution in [0.2, 0.25) is 0 Å². The summed E-state index contributed by atoms with van der Waals surface area (Å²) in [4.78, 5) is 13.7. The molecule has 0 atom stereocenters. The van der Waals surface area contributed by atoms with Crippen LogP contribution in [0.5, 0.6) is 5.75 Å². The predicted octanol–water partition coefficient (Wildman–Crippen LogP) is 3.80. The zero-order chi connectivity index (χ0) is 17.4. The number of fused-ring (bicyclic) bond motifs is 2. The largest absolute Gasteiger partial charge is 0.488 e. The molecule has 4 nitrogen and oxygen atoms in total. The number of nitrogens with zero attached hydrogens (tertiary/aromatic N) is 1. The van der Waals surface area contributed by atoms with Crippen LogP contribution in [0.1, 0.15) is 39.9 Å². The van der Waals surface area contributed by atoms with E-state index in [1.807, 2.05) is 24.3 Å². The summed E-state index contributed by atoms with van der Waals surface area (Å²) < 4.78 is 6.01. The van der Waals surface area contributed by atoms with E-state index in [9.17, 15) is 9.90 Å². The van der Waals surface area contributed by atoms with Gasteiger partial charge < -0.3 is 14.7 Å². The molecule has 1 N–H and O–H groups in total. The highest BCUT2D eigenvalue weighted by Gasteiger charge is 2.24. The highest BCUT2D eigenvalue weighted by Crippen LogP contribution is 2.41. The molecule has 2 aliphatic rings. The number of ether oxygens (including phenoxy) is 1. The van der Waals surface area contributed by atoms with E-state index in [4.69, 9.17) is 4.74 Å². The van der Waals surface area contributed by atoms with Gasteiger partial charge in [0.2, 0.25) is 0 Å². The maximum atomic E-state index is 11.4. The van der Waals surface area contributed by atoms with Crippen molar-refractivity contribution in [1.82, 2.24) is 4.90 Å². The van der Waals surface area contributed by atoms with Gasteiger partial charge in [-0.05, 0) is 54.8 Å². The second kappa shape index (κ2) is 6.37. The number of hydrogen-bond acceptors (Lipinski definition) is 3. The predicted molar refractivity (Wildman–Crippen MR) is 96.9 cm³/mol. The molecule has 0 saturated carbocycles. The SMILES string of the molecule is CN1CCC(=C2c3ccc(C(=O)O)cc3COc3ccccc32)CC1. The molecule has 0 aromatic heterocycles. The molecule has 1 saturated heterocycles. The number of carboxylic acid groups (broad SMARTS) is 1. The Morgan fingerprint density at radius 2 is 1.84 bits per heavy atom. The van der Waals surface area contributed by atoms with E-state index < -0.39 is 5.97 Å². The van der Waals surface area contributed by atoms with Crippen molar-refractivity contribution in [2.75, 3.05) is 20.1 Å². The first-order chi connectivity index (χ1) is 12.1. The summed E-state index contributed by atoms with van der Waals surface area (Å²) in [7, 11) is 2.15. The van der Waals surface area contributed by atoms with Crippen molar-refractivity contribution in [3.63, 3.8) is 0 Å². The van der Waals surface area contributed by atoms with Crippen LogP contribution in [0.3, 0.4) is 0 Å².